The van der Waals surface area contributed by atoms with Crippen molar-refractivity contribution in [2.45, 2.75) is 27.2 Å². The zero-order valence-electron chi connectivity index (χ0n) is 8.22. The van der Waals surface area contributed by atoms with Crippen LogP contribution in [0.4, 0.5) is 0 Å². The fourth-order valence-electron chi connectivity index (χ4n) is 1.37. The molecule has 0 saturated heterocycles. The summed E-state index contributed by atoms with van der Waals surface area (Å²) in [5.74, 6) is 0. The molecule has 0 aliphatic heterocycles. The van der Waals surface area contributed by atoms with Crippen molar-refractivity contribution in [3.8, 4) is 0 Å². The van der Waals surface area contributed by atoms with Crippen molar-refractivity contribution < 1.29 is 4.79 Å². The van der Waals surface area contributed by atoms with Gasteiger partial charge >= 0.3 is 0 Å². The van der Waals surface area contributed by atoms with Crippen LogP contribution in [0.2, 0.25) is 0 Å². The Labute approximate surface area is 84.6 Å². The van der Waals surface area contributed by atoms with E-state index in [1.165, 1.54) is 16.7 Å². The molecular formula is C11H14OS. The standard InChI is InChI=1S/C11H14OS/c1-7-4-5-10(6-11(12)13)9(3)8(7)2/h4-5H,6H2,1-3H3,(H,12,13). The Morgan fingerprint density at radius 2 is 1.85 bits per heavy atom. The summed E-state index contributed by atoms with van der Waals surface area (Å²) < 4.78 is 0. The maximum absolute atomic E-state index is 10.8. The summed E-state index contributed by atoms with van der Waals surface area (Å²) in [6.45, 7) is 6.21. The molecule has 0 spiro atoms. The topological polar surface area (TPSA) is 17.1 Å². The number of hydrogen-bond donors (Lipinski definition) is 1. The maximum Gasteiger partial charge on any atom is 0.190 e. The zero-order valence-corrected chi connectivity index (χ0v) is 9.11. The molecule has 0 radical (unpaired) electrons. The van der Waals surface area contributed by atoms with Crippen LogP contribution >= 0.6 is 12.6 Å². The van der Waals surface area contributed by atoms with Gasteiger partial charge in [0.25, 0.3) is 0 Å². The fraction of sp³-hybridized carbons (Fsp3) is 0.364. The molecule has 0 atom stereocenters. The molecule has 0 saturated carbocycles. The number of benzene rings is 1. The van der Waals surface area contributed by atoms with Gasteiger partial charge in [0.1, 0.15) is 0 Å². The third kappa shape index (κ3) is 2.34. The average molecular weight is 194 g/mol. The lowest BCUT2D eigenvalue weighted by atomic mass is 9.97. The number of rotatable bonds is 2. The van der Waals surface area contributed by atoms with Gasteiger partial charge in [0.05, 0.1) is 0 Å². The maximum atomic E-state index is 10.8. The number of thiol groups is 1. The third-order valence-corrected chi connectivity index (χ3v) is 2.67. The van der Waals surface area contributed by atoms with Crippen LogP contribution < -0.4 is 0 Å². The minimum atomic E-state index is -0.0775. The largest absolute Gasteiger partial charge is 0.287 e. The van der Waals surface area contributed by atoms with Crippen molar-refractivity contribution in [1.82, 2.24) is 0 Å². The molecule has 1 rings (SSSR count). The highest BCUT2D eigenvalue weighted by Gasteiger charge is 2.05. The van der Waals surface area contributed by atoms with Crippen LogP contribution in [0.1, 0.15) is 22.3 Å². The van der Waals surface area contributed by atoms with Gasteiger partial charge in [-0.2, -0.15) is 0 Å². The predicted molar refractivity (Wildman–Crippen MR) is 58.4 cm³/mol. The first kappa shape index (κ1) is 10.3. The number of hydrogen-bond acceptors (Lipinski definition) is 1. The second kappa shape index (κ2) is 3.97. The molecule has 70 valence electrons. The quantitative estimate of drug-likeness (QED) is 0.716. The summed E-state index contributed by atoms with van der Waals surface area (Å²) in [4.78, 5) is 10.8. The number of carbonyl (C=O) groups excluding carboxylic acids is 1. The lowest BCUT2D eigenvalue weighted by Crippen LogP contribution is -1.99. The minimum absolute atomic E-state index is 0.0775. The molecular weight excluding hydrogens is 180 g/mol. The normalized spacial score (nSPS) is 10.2. The van der Waals surface area contributed by atoms with Crippen molar-refractivity contribution in [2.24, 2.45) is 0 Å². The summed E-state index contributed by atoms with van der Waals surface area (Å²) in [5, 5.41) is -0.0775. The number of carbonyl (C=O) groups is 1. The van der Waals surface area contributed by atoms with Crippen molar-refractivity contribution in [3.63, 3.8) is 0 Å². The second-order valence-corrected chi connectivity index (χ2v) is 3.86. The first-order chi connectivity index (χ1) is 6.02. The van der Waals surface area contributed by atoms with Crippen molar-refractivity contribution in [1.29, 1.82) is 0 Å². The van der Waals surface area contributed by atoms with Crippen molar-refractivity contribution in [2.75, 3.05) is 0 Å². The van der Waals surface area contributed by atoms with Gasteiger partial charge in [-0.1, -0.05) is 12.1 Å². The van der Waals surface area contributed by atoms with Crippen LogP contribution in [0.3, 0.4) is 0 Å². The van der Waals surface area contributed by atoms with E-state index in [-0.39, 0.29) is 5.12 Å². The lowest BCUT2D eigenvalue weighted by Gasteiger charge is -2.09. The summed E-state index contributed by atoms with van der Waals surface area (Å²) in [6, 6.07) is 4.06. The SMILES string of the molecule is Cc1ccc(CC(=O)S)c(C)c1C. The zero-order chi connectivity index (χ0) is 10.0. The molecule has 0 aromatic heterocycles. The molecule has 0 aliphatic rings. The lowest BCUT2D eigenvalue weighted by molar-refractivity contribution is -0.110. The van der Waals surface area contributed by atoms with Crippen LogP contribution in [0.15, 0.2) is 12.1 Å². The molecule has 13 heavy (non-hydrogen) atoms. The Morgan fingerprint density at radius 1 is 1.23 bits per heavy atom. The highest BCUT2D eigenvalue weighted by molar-refractivity contribution is 7.96. The van der Waals surface area contributed by atoms with E-state index < -0.39 is 0 Å². The Balaban J connectivity index is 3.10. The second-order valence-electron chi connectivity index (χ2n) is 3.36. The molecule has 0 N–H and O–H groups in total. The van der Waals surface area contributed by atoms with Crippen LogP contribution in [-0.2, 0) is 11.2 Å². The molecule has 0 bridgehead atoms. The molecule has 0 amide bonds. The predicted octanol–water partition coefficient (Wildman–Crippen LogP) is 2.61. The van der Waals surface area contributed by atoms with Crippen molar-refractivity contribution >= 4 is 17.7 Å². The van der Waals surface area contributed by atoms with Gasteiger partial charge in [-0.05, 0) is 43.0 Å². The Kier molecular flexibility index (Phi) is 3.15. The minimum Gasteiger partial charge on any atom is -0.287 e. The van der Waals surface area contributed by atoms with Crippen LogP contribution in [-0.4, -0.2) is 5.12 Å². The highest BCUT2D eigenvalue weighted by Crippen LogP contribution is 2.17. The number of aryl methyl sites for hydroxylation is 1. The van der Waals surface area contributed by atoms with E-state index in [9.17, 15) is 4.79 Å². The van der Waals surface area contributed by atoms with E-state index in [0.29, 0.717) is 6.42 Å². The van der Waals surface area contributed by atoms with Crippen LogP contribution in [0, 0.1) is 20.8 Å². The van der Waals surface area contributed by atoms with E-state index >= 15 is 0 Å². The van der Waals surface area contributed by atoms with Crippen LogP contribution in [0.25, 0.3) is 0 Å². The van der Waals surface area contributed by atoms with Gasteiger partial charge in [-0.3, -0.25) is 4.79 Å². The fourth-order valence-corrected chi connectivity index (χ4v) is 1.54. The van der Waals surface area contributed by atoms with E-state index in [2.05, 4.69) is 26.5 Å². The summed E-state index contributed by atoms with van der Waals surface area (Å²) in [7, 11) is 0. The van der Waals surface area contributed by atoms with E-state index in [1.54, 1.807) is 0 Å². The first-order valence-corrected chi connectivity index (χ1v) is 4.74. The molecule has 0 unspecified atom stereocenters. The van der Waals surface area contributed by atoms with Crippen LogP contribution in [0.5, 0.6) is 0 Å². The molecule has 0 aliphatic carbocycles. The van der Waals surface area contributed by atoms with E-state index in [1.807, 2.05) is 19.1 Å². The van der Waals surface area contributed by atoms with Gasteiger partial charge in [-0.15, -0.1) is 12.6 Å². The monoisotopic (exact) mass is 194 g/mol. The van der Waals surface area contributed by atoms with Crippen molar-refractivity contribution in [3.05, 3.63) is 34.4 Å². The smallest absolute Gasteiger partial charge is 0.190 e. The molecule has 2 heteroatoms. The van der Waals surface area contributed by atoms with E-state index in [0.717, 1.165) is 5.56 Å². The summed E-state index contributed by atoms with van der Waals surface area (Å²) in [5.41, 5.74) is 4.84. The van der Waals surface area contributed by atoms with Gasteiger partial charge < -0.3 is 0 Å². The van der Waals surface area contributed by atoms with Gasteiger partial charge in [0.2, 0.25) is 0 Å². The Hall–Kier alpha value is -0.760. The first-order valence-electron chi connectivity index (χ1n) is 4.30. The van der Waals surface area contributed by atoms with Gasteiger partial charge in [-0.25, -0.2) is 0 Å². The van der Waals surface area contributed by atoms with Gasteiger partial charge in [0, 0.05) is 6.42 Å². The molecule has 0 fully saturated rings. The highest BCUT2D eigenvalue weighted by atomic mass is 32.1. The summed E-state index contributed by atoms with van der Waals surface area (Å²) in [6.07, 6.45) is 0.427. The van der Waals surface area contributed by atoms with Gasteiger partial charge in [0.15, 0.2) is 5.12 Å². The molecule has 0 heterocycles. The molecule has 1 nitrogen and oxygen atoms in total. The average Bonchev–Trinajstić information content (AvgIpc) is 2.06. The Bertz CT molecular complexity index is 342. The third-order valence-electron chi connectivity index (χ3n) is 2.51. The molecule has 1 aromatic carbocycles. The van der Waals surface area contributed by atoms with E-state index in [4.69, 9.17) is 0 Å². The summed E-state index contributed by atoms with van der Waals surface area (Å²) >= 11 is 3.78. The Morgan fingerprint density at radius 3 is 2.38 bits per heavy atom. The molecule has 1 aromatic rings.